The maximum atomic E-state index is 5.52. The van der Waals surface area contributed by atoms with Crippen LogP contribution in [0, 0.1) is 0 Å². The second-order valence-corrected chi connectivity index (χ2v) is 10.4. The van der Waals surface area contributed by atoms with E-state index < -0.39 is 0 Å². The number of epoxide rings is 4. The van der Waals surface area contributed by atoms with Crippen molar-refractivity contribution >= 4 is 11.4 Å². The summed E-state index contributed by atoms with van der Waals surface area (Å²) in [6.45, 7) is 11.9. The normalized spacial score (nSPS) is 25.9. The van der Waals surface area contributed by atoms with E-state index >= 15 is 0 Å². The summed E-state index contributed by atoms with van der Waals surface area (Å²) in [6, 6.07) is 14.1. The SMILES string of the molecule is CCc1cc(N(CC2CO2)CC2CO2)ccc1Cc1ccc(N(CC2CO2)CC2CO2)cc1CC. The third-order valence-electron chi connectivity index (χ3n) is 7.56. The van der Waals surface area contributed by atoms with Gasteiger partial charge in [-0.3, -0.25) is 0 Å². The van der Waals surface area contributed by atoms with E-state index in [1.165, 1.54) is 33.6 Å². The predicted molar refractivity (Wildman–Crippen MR) is 138 cm³/mol. The Morgan fingerprint density at radius 3 is 1.20 bits per heavy atom. The van der Waals surface area contributed by atoms with Gasteiger partial charge in [0.25, 0.3) is 0 Å². The van der Waals surface area contributed by atoms with Crippen molar-refractivity contribution in [2.24, 2.45) is 0 Å². The summed E-state index contributed by atoms with van der Waals surface area (Å²) in [5.74, 6) is 0. The Labute approximate surface area is 209 Å². The number of rotatable bonds is 14. The molecule has 0 spiro atoms. The quantitative estimate of drug-likeness (QED) is 0.387. The fraction of sp³-hybridized carbons (Fsp3) is 0.586. The van der Waals surface area contributed by atoms with Crippen LogP contribution in [-0.2, 0) is 38.2 Å². The van der Waals surface area contributed by atoms with Gasteiger partial charge in [-0.25, -0.2) is 0 Å². The van der Waals surface area contributed by atoms with Crippen LogP contribution in [0.2, 0.25) is 0 Å². The molecular weight excluding hydrogens is 440 g/mol. The van der Waals surface area contributed by atoms with Gasteiger partial charge in [-0.1, -0.05) is 26.0 Å². The van der Waals surface area contributed by atoms with Gasteiger partial charge in [0.1, 0.15) is 0 Å². The average molecular weight is 479 g/mol. The molecule has 4 atom stereocenters. The predicted octanol–water partition coefficient (Wildman–Crippen LogP) is 3.61. The van der Waals surface area contributed by atoms with Gasteiger partial charge >= 0.3 is 0 Å². The zero-order valence-electron chi connectivity index (χ0n) is 21.1. The van der Waals surface area contributed by atoms with Crippen molar-refractivity contribution < 1.29 is 18.9 Å². The van der Waals surface area contributed by atoms with Crippen molar-refractivity contribution in [3.8, 4) is 0 Å². The molecular formula is C29H38N2O4. The average Bonchev–Trinajstić information content (AvgIpc) is 3.70. The molecule has 188 valence electrons. The van der Waals surface area contributed by atoms with Crippen LogP contribution in [0.1, 0.15) is 36.1 Å². The largest absolute Gasteiger partial charge is 0.371 e. The Bertz CT molecular complexity index is 918. The topological polar surface area (TPSA) is 56.6 Å². The lowest BCUT2D eigenvalue weighted by Crippen LogP contribution is -2.31. The first-order chi connectivity index (χ1) is 17.2. The molecule has 4 heterocycles. The molecule has 4 unspecified atom stereocenters. The van der Waals surface area contributed by atoms with Crippen LogP contribution in [0.15, 0.2) is 36.4 Å². The van der Waals surface area contributed by atoms with Crippen molar-refractivity contribution in [2.45, 2.75) is 57.5 Å². The highest BCUT2D eigenvalue weighted by atomic mass is 16.6. The molecule has 6 nitrogen and oxygen atoms in total. The minimum Gasteiger partial charge on any atom is -0.371 e. The van der Waals surface area contributed by atoms with E-state index in [1.807, 2.05) is 0 Å². The molecule has 0 radical (unpaired) electrons. The summed E-state index contributed by atoms with van der Waals surface area (Å²) in [5, 5.41) is 0. The molecule has 0 aliphatic carbocycles. The van der Waals surface area contributed by atoms with E-state index in [-0.39, 0.29) is 0 Å². The van der Waals surface area contributed by atoms with Crippen LogP contribution >= 0.6 is 0 Å². The molecule has 4 fully saturated rings. The highest BCUT2D eigenvalue weighted by molar-refractivity contribution is 5.55. The first-order valence-electron chi connectivity index (χ1n) is 13.4. The van der Waals surface area contributed by atoms with Gasteiger partial charge in [0, 0.05) is 37.6 Å². The summed E-state index contributed by atoms with van der Waals surface area (Å²) >= 11 is 0. The standard InChI is InChI=1S/C29H38N2O4/c1-3-20-10-24(30(12-26-16-32-26)13-27-17-33-27)7-5-22(20)9-23-6-8-25(11-21(23)4-2)31(14-28-18-34-28)15-29-19-35-29/h5-8,10-11,26-29H,3-4,9,12-19H2,1-2H3. The van der Waals surface area contributed by atoms with Crippen LogP contribution in [0.5, 0.6) is 0 Å². The summed E-state index contributed by atoms with van der Waals surface area (Å²) in [4.78, 5) is 4.90. The van der Waals surface area contributed by atoms with Crippen LogP contribution in [0.4, 0.5) is 11.4 Å². The summed E-state index contributed by atoms with van der Waals surface area (Å²) < 4.78 is 22.1. The first kappa shape index (κ1) is 23.3. The van der Waals surface area contributed by atoms with Crippen molar-refractivity contribution in [3.05, 3.63) is 58.7 Å². The Hall–Kier alpha value is -2.12. The molecule has 0 N–H and O–H groups in total. The monoisotopic (exact) mass is 478 g/mol. The van der Waals surface area contributed by atoms with Gasteiger partial charge < -0.3 is 28.7 Å². The van der Waals surface area contributed by atoms with E-state index in [4.69, 9.17) is 18.9 Å². The fourth-order valence-corrected chi connectivity index (χ4v) is 5.07. The van der Waals surface area contributed by atoms with Gasteiger partial charge in [-0.2, -0.15) is 0 Å². The van der Waals surface area contributed by atoms with Crippen LogP contribution in [0.3, 0.4) is 0 Å². The molecule has 2 aromatic carbocycles. The second-order valence-electron chi connectivity index (χ2n) is 10.4. The number of nitrogens with zero attached hydrogens (tertiary/aromatic N) is 2. The Morgan fingerprint density at radius 1 is 0.571 bits per heavy atom. The molecule has 4 aliphatic rings. The number of anilines is 2. The van der Waals surface area contributed by atoms with E-state index in [2.05, 4.69) is 60.0 Å². The molecule has 6 heteroatoms. The third kappa shape index (κ3) is 6.18. The minimum atomic E-state index is 0.377. The molecule has 35 heavy (non-hydrogen) atoms. The molecule has 0 amide bonds. The van der Waals surface area contributed by atoms with Gasteiger partial charge in [0.05, 0.1) is 50.8 Å². The number of hydrogen-bond donors (Lipinski definition) is 0. The maximum absolute atomic E-state index is 5.52. The zero-order chi connectivity index (χ0) is 23.8. The highest BCUT2D eigenvalue weighted by Crippen LogP contribution is 2.29. The van der Waals surface area contributed by atoms with Gasteiger partial charge in [0.2, 0.25) is 0 Å². The van der Waals surface area contributed by atoms with Crippen molar-refractivity contribution in [3.63, 3.8) is 0 Å². The Kier molecular flexibility index (Phi) is 6.72. The van der Waals surface area contributed by atoms with E-state index in [0.29, 0.717) is 24.4 Å². The molecule has 4 saturated heterocycles. The Balaban J connectivity index is 1.20. The highest BCUT2D eigenvalue weighted by Gasteiger charge is 2.32. The van der Waals surface area contributed by atoms with E-state index in [9.17, 15) is 0 Å². The number of hydrogen-bond acceptors (Lipinski definition) is 6. The van der Waals surface area contributed by atoms with Crippen molar-refractivity contribution in [1.82, 2.24) is 0 Å². The van der Waals surface area contributed by atoms with Crippen LogP contribution < -0.4 is 9.80 Å². The second kappa shape index (κ2) is 10.1. The Morgan fingerprint density at radius 2 is 0.914 bits per heavy atom. The number of benzene rings is 2. The number of aryl methyl sites for hydroxylation is 2. The smallest absolute Gasteiger partial charge is 0.0984 e. The summed E-state index contributed by atoms with van der Waals surface area (Å²) in [5.41, 5.74) is 8.32. The molecule has 4 aliphatic heterocycles. The zero-order valence-corrected chi connectivity index (χ0v) is 21.1. The van der Waals surface area contributed by atoms with Crippen molar-refractivity contribution in [1.29, 1.82) is 0 Å². The summed E-state index contributed by atoms with van der Waals surface area (Å²) in [7, 11) is 0. The van der Waals surface area contributed by atoms with Gasteiger partial charge in [0.15, 0.2) is 0 Å². The van der Waals surface area contributed by atoms with E-state index in [1.54, 1.807) is 0 Å². The molecule has 0 aromatic heterocycles. The minimum absolute atomic E-state index is 0.377. The van der Waals surface area contributed by atoms with E-state index in [0.717, 1.165) is 71.9 Å². The molecule has 6 rings (SSSR count). The van der Waals surface area contributed by atoms with Crippen LogP contribution in [-0.4, -0.2) is 77.0 Å². The van der Waals surface area contributed by atoms with Gasteiger partial charge in [-0.15, -0.1) is 0 Å². The van der Waals surface area contributed by atoms with Gasteiger partial charge in [-0.05, 0) is 65.8 Å². The lowest BCUT2D eigenvalue weighted by atomic mass is 9.93. The molecule has 2 aromatic rings. The first-order valence-corrected chi connectivity index (χ1v) is 13.4. The maximum Gasteiger partial charge on any atom is 0.0984 e. The third-order valence-corrected chi connectivity index (χ3v) is 7.56. The van der Waals surface area contributed by atoms with Crippen molar-refractivity contribution in [2.75, 3.05) is 62.4 Å². The fourth-order valence-electron chi connectivity index (χ4n) is 5.07. The number of ether oxygens (including phenoxy) is 4. The van der Waals surface area contributed by atoms with Crippen LogP contribution in [0.25, 0.3) is 0 Å². The lowest BCUT2D eigenvalue weighted by molar-refractivity contribution is 0.388. The lowest BCUT2D eigenvalue weighted by Gasteiger charge is -2.26. The summed E-state index contributed by atoms with van der Waals surface area (Å²) in [6.07, 6.45) is 4.55. The molecule has 0 bridgehead atoms. The molecule has 0 saturated carbocycles.